The van der Waals surface area contributed by atoms with E-state index >= 15 is 0 Å². The van der Waals surface area contributed by atoms with E-state index in [9.17, 15) is 0 Å². The molecule has 0 amide bonds. The van der Waals surface area contributed by atoms with Gasteiger partial charge in [-0.05, 0) is 54.8 Å². The summed E-state index contributed by atoms with van der Waals surface area (Å²) in [6.45, 7) is 5.05. The monoisotopic (exact) mass is 367 g/mol. The lowest BCUT2D eigenvalue weighted by molar-refractivity contribution is 1.13. The lowest BCUT2D eigenvalue weighted by Crippen LogP contribution is -2.00. The first-order valence-corrected chi connectivity index (χ1v) is 7.40. The molecule has 1 N–H and O–H groups in total. The predicted molar refractivity (Wildman–Crippen MR) is 85.1 cm³/mol. The number of nitrogens with one attached hydrogen (secondary N) is 1. The Morgan fingerprint density at radius 3 is 2.11 bits per heavy atom. The fourth-order valence-corrected chi connectivity index (χ4v) is 2.27. The van der Waals surface area contributed by atoms with E-state index < -0.39 is 0 Å². The van der Waals surface area contributed by atoms with Crippen LogP contribution in [-0.4, -0.2) is 0 Å². The van der Waals surface area contributed by atoms with Gasteiger partial charge in [0, 0.05) is 21.2 Å². The molecule has 18 heavy (non-hydrogen) atoms. The Kier molecular flexibility index (Phi) is 4.46. The van der Waals surface area contributed by atoms with Crippen LogP contribution in [0.25, 0.3) is 0 Å². The summed E-state index contributed by atoms with van der Waals surface area (Å²) >= 11 is 7.03. The first-order chi connectivity index (χ1) is 8.56. The fraction of sp³-hybridized carbons (Fsp3) is 0.200. The molecular formula is C15H15Br2N. The van der Waals surface area contributed by atoms with Gasteiger partial charge < -0.3 is 5.32 Å². The Balaban J connectivity index is 2.06. The number of rotatable bonds is 3. The summed E-state index contributed by atoms with van der Waals surface area (Å²) in [5, 5.41) is 3.44. The lowest BCUT2D eigenvalue weighted by atomic mass is 10.1. The average molecular weight is 369 g/mol. The van der Waals surface area contributed by atoms with Crippen LogP contribution in [0.5, 0.6) is 0 Å². The molecule has 3 heteroatoms. The first-order valence-electron chi connectivity index (χ1n) is 5.81. The van der Waals surface area contributed by atoms with E-state index in [0.717, 1.165) is 21.2 Å². The summed E-state index contributed by atoms with van der Waals surface area (Å²) in [6.07, 6.45) is 0. The minimum atomic E-state index is 0.842. The third kappa shape index (κ3) is 3.36. The van der Waals surface area contributed by atoms with Gasteiger partial charge in [-0.3, -0.25) is 0 Å². The normalized spacial score (nSPS) is 10.4. The van der Waals surface area contributed by atoms with E-state index in [4.69, 9.17) is 0 Å². The Bertz CT molecular complexity index is 513. The van der Waals surface area contributed by atoms with Crippen LogP contribution < -0.4 is 5.32 Å². The Labute approximate surface area is 125 Å². The molecule has 0 heterocycles. The van der Waals surface area contributed by atoms with Gasteiger partial charge >= 0.3 is 0 Å². The highest BCUT2D eigenvalue weighted by molar-refractivity contribution is 9.10. The molecule has 0 spiro atoms. The molecule has 0 radical (unpaired) electrons. The second kappa shape index (κ2) is 5.89. The Morgan fingerprint density at radius 1 is 0.889 bits per heavy atom. The second-order valence-electron chi connectivity index (χ2n) is 4.40. The number of hydrogen-bond acceptors (Lipinski definition) is 1. The van der Waals surface area contributed by atoms with Crippen molar-refractivity contribution in [2.45, 2.75) is 20.4 Å². The van der Waals surface area contributed by atoms with Crippen LogP contribution in [0.15, 0.2) is 45.3 Å². The van der Waals surface area contributed by atoms with Crippen molar-refractivity contribution in [2.75, 3.05) is 5.32 Å². The van der Waals surface area contributed by atoms with Crippen molar-refractivity contribution in [1.29, 1.82) is 0 Å². The molecule has 0 aliphatic rings. The molecule has 1 nitrogen and oxygen atoms in total. The summed E-state index contributed by atoms with van der Waals surface area (Å²) in [4.78, 5) is 0. The van der Waals surface area contributed by atoms with Crippen molar-refractivity contribution >= 4 is 37.5 Å². The number of hydrogen-bond donors (Lipinski definition) is 1. The van der Waals surface area contributed by atoms with Crippen molar-refractivity contribution in [3.63, 3.8) is 0 Å². The van der Waals surface area contributed by atoms with Crippen molar-refractivity contribution < 1.29 is 0 Å². The molecule has 0 saturated heterocycles. The van der Waals surface area contributed by atoms with Crippen LogP contribution in [0.2, 0.25) is 0 Å². The Morgan fingerprint density at radius 2 is 1.50 bits per heavy atom. The van der Waals surface area contributed by atoms with Crippen LogP contribution >= 0.6 is 31.9 Å². The largest absolute Gasteiger partial charge is 0.381 e. The molecule has 0 aromatic heterocycles. The van der Waals surface area contributed by atoms with Crippen LogP contribution in [0, 0.1) is 13.8 Å². The van der Waals surface area contributed by atoms with Crippen molar-refractivity contribution in [3.8, 4) is 0 Å². The summed E-state index contributed by atoms with van der Waals surface area (Å²) in [7, 11) is 0. The molecular weight excluding hydrogens is 354 g/mol. The number of benzene rings is 2. The zero-order valence-electron chi connectivity index (χ0n) is 10.4. The van der Waals surface area contributed by atoms with E-state index in [1.807, 2.05) is 0 Å². The van der Waals surface area contributed by atoms with Crippen molar-refractivity contribution in [2.24, 2.45) is 0 Å². The molecule has 2 aromatic rings. The molecule has 94 valence electrons. The first kappa shape index (κ1) is 13.6. The summed E-state index contributed by atoms with van der Waals surface area (Å²) in [5.74, 6) is 0. The number of halogens is 2. The van der Waals surface area contributed by atoms with Crippen molar-refractivity contribution in [3.05, 3.63) is 62.0 Å². The molecule has 0 bridgehead atoms. The standard InChI is InChI=1S/C15H15Br2N/c1-10-7-12(3-5-14(10)16)9-18-13-4-6-15(17)11(2)8-13/h3-8,18H,9H2,1-2H3. The maximum atomic E-state index is 3.52. The van der Waals surface area contributed by atoms with Gasteiger partial charge in [0.2, 0.25) is 0 Å². The summed E-state index contributed by atoms with van der Waals surface area (Å²) in [5.41, 5.74) is 4.95. The molecule has 0 saturated carbocycles. The molecule has 2 aromatic carbocycles. The maximum absolute atomic E-state index is 3.52. The molecule has 2 rings (SSSR count). The molecule has 0 aliphatic heterocycles. The molecule has 0 fully saturated rings. The zero-order valence-corrected chi connectivity index (χ0v) is 13.6. The summed E-state index contributed by atoms with van der Waals surface area (Å²) in [6, 6.07) is 12.7. The topological polar surface area (TPSA) is 12.0 Å². The van der Waals surface area contributed by atoms with Gasteiger partial charge in [-0.15, -0.1) is 0 Å². The van der Waals surface area contributed by atoms with Crippen LogP contribution in [0.3, 0.4) is 0 Å². The highest BCUT2D eigenvalue weighted by Gasteiger charge is 1.99. The SMILES string of the molecule is Cc1cc(CNc2ccc(Br)c(C)c2)ccc1Br. The minimum Gasteiger partial charge on any atom is -0.381 e. The lowest BCUT2D eigenvalue weighted by Gasteiger charge is -2.09. The van der Waals surface area contributed by atoms with E-state index in [-0.39, 0.29) is 0 Å². The highest BCUT2D eigenvalue weighted by atomic mass is 79.9. The van der Waals surface area contributed by atoms with Gasteiger partial charge in [0.15, 0.2) is 0 Å². The minimum absolute atomic E-state index is 0.842. The molecule has 0 atom stereocenters. The number of anilines is 1. The predicted octanol–water partition coefficient (Wildman–Crippen LogP) is 5.44. The van der Waals surface area contributed by atoms with Gasteiger partial charge in [0.25, 0.3) is 0 Å². The second-order valence-corrected chi connectivity index (χ2v) is 6.11. The van der Waals surface area contributed by atoms with Crippen LogP contribution in [0.4, 0.5) is 5.69 Å². The number of aryl methyl sites for hydroxylation is 2. The van der Waals surface area contributed by atoms with E-state index in [2.05, 4.69) is 87.4 Å². The van der Waals surface area contributed by atoms with Gasteiger partial charge in [-0.2, -0.15) is 0 Å². The van der Waals surface area contributed by atoms with Gasteiger partial charge in [0.05, 0.1) is 0 Å². The maximum Gasteiger partial charge on any atom is 0.0400 e. The smallest absolute Gasteiger partial charge is 0.0400 e. The third-order valence-electron chi connectivity index (χ3n) is 2.88. The van der Waals surface area contributed by atoms with Crippen molar-refractivity contribution in [1.82, 2.24) is 0 Å². The van der Waals surface area contributed by atoms with Gasteiger partial charge in [0.1, 0.15) is 0 Å². The Hall–Kier alpha value is -0.800. The van der Waals surface area contributed by atoms with Gasteiger partial charge in [-0.25, -0.2) is 0 Å². The summed E-state index contributed by atoms with van der Waals surface area (Å²) < 4.78 is 2.30. The van der Waals surface area contributed by atoms with E-state index in [0.29, 0.717) is 0 Å². The molecule has 0 aliphatic carbocycles. The third-order valence-corrected chi connectivity index (χ3v) is 4.66. The van der Waals surface area contributed by atoms with E-state index in [1.54, 1.807) is 0 Å². The van der Waals surface area contributed by atoms with E-state index in [1.165, 1.54) is 16.7 Å². The van der Waals surface area contributed by atoms with Crippen LogP contribution in [0.1, 0.15) is 16.7 Å². The zero-order chi connectivity index (χ0) is 13.1. The quantitative estimate of drug-likeness (QED) is 0.760. The average Bonchev–Trinajstić information content (AvgIpc) is 2.35. The molecule has 0 unspecified atom stereocenters. The van der Waals surface area contributed by atoms with Gasteiger partial charge in [-0.1, -0.05) is 44.0 Å². The van der Waals surface area contributed by atoms with Crippen LogP contribution in [-0.2, 0) is 6.54 Å². The highest BCUT2D eigenvalue weighted by Crippen LogP contribution is 2.21. The fourth-order valence-electron chi connectivity index (χ4n) is 1.78.